The van der Waals surface area contributed by atoms with Crippen molar-refractivity contribution in [1.82, 2.24) is 19.9 Å². The van der Waals surface area contributed by atoms with Crippen LogP contribution in [0.25, 0.3) is 90.9 Å². The van der Waals surface area contributed by atoms with Crippen molar-refractivity contribution < 1.29 is 13.7 Å². The molecule has 2 aliphatic heterocycles. The highest BCUT2D eigenvalue weighted by Gasteiger charge is 2.20. The smallest absolute Gasteiger partial charge is 0.176 e. The highest BCUT2D eigenvalue weighted by atomic mass is 14.9. The number of benzene rings is 1. The SMILES string of the molecule is Cc1ccc(-c2c3nc(c(-c4ccc[n+](C)c4)c4ccc([nH]4)c(-c4ccc[n+](C)c4)c4nc(c(-c5ccc[n+](C)c5)c5ccc2[nH]5)C=C4)C=C3)cc1. The zero-order valence-corrected chi connectivity index (χ0v) is 29.6. The lowest BCUT2D eigenvalue weighted by atomic mass is 10.0. The molecule has 0 unspecified atom stereocenters. The van der Waals surface area contributed by atoms with Crippen molar-refractivity contribution >= 4 is 46.4 Å². The van der Waals surface area contributed by atoms with Crippen LogP contribution in [0.1, 0.15) is 28.3 Å². The van der Waals surface area contributed by atoms with Gasteiger partial charge in [0.15, 0.2) is 37.2 Å². The van der Waals surface area contributed by atoms with Crippen molar-refractivity contribution in [3.05, 3.63) is 150 Å². The second-order valence-electron chi connectivity index (χ2n) is 13.6. The van der Waals surface area contributed by atoms with E-state index in [1.807, 2.05) is 0 Å². The summed E-state index contributed by atoms with van der Waals surface area (Å²) in [5, 5.41) is 0. The average molecular weight is 677 g/mol. The Labute approximate surface area is 302 Å². The minimum absolute atomic E-state index is 0.888. The van der Waals surface area contributed by atoms with E-state index in [0.717, 1.165) is 89.4 Å². The van der Waals surface area contributed by atoms with Crippen LogP contribution < -0.4 is 13.7 Å². The number of hydrogen-bond donors (Lipinski definition) is 2. The number of H-pyrrole nitrogens is 2. The molecule has 0 aliphatic carbocycles. The summed E-state index contributed by atoms with van der Waals surface area (Å²) in [7, 11) is 6.15. The number of aromatic amines is 2. The quantitative estimate of drug-likeness (QED) is 0.185. The van der Waals surface area contributed by atoms with Gasteiger partial charge in [0.2, 0.25) is 0 Å². The molecule has 0 amide bonds. The fourth-order valence-corrected chi connectivity index (χ4v) is 7.35. The van der Waals surface area contributed by atoms with E-state index in [4.69, 9.17) is 9.97 Å². The van der Waals surface area contributed by atoms with Crippen LogP contribution in [0.5, 0.6) is 0 Å². The van der Waals surface area contributed by atoms with Gasteiger partial charge in [0.25, 0.3) is 0 Å². The summed E-state index contributed by atoms with van der Waals surface area (Å²) in [6, 6.07) is 30.1. The summed E-state index contributed by atoms with van der Waals surface area (Å²) >= 11 is 0. The molecule has 0 radical (unpaired) electrons. The molecular weight excluding hydrogens is 639 g/mol. The van der Waals surface area contributed by atoms with Crippen molar-refractivity contribution in [1.29, 1.82) is 0 Å². The Morgan fingerprint density at radius 3 is 1.06 bits per heavy atom. The highest BCUT2D eigenvalue weighted by Crippen LogP contribution is 2.37. The number of aryl methyl sites for hydroxylation is 4. The fraction of sp³-hybridized carbons (Fsp3) is 0.0889. The number of nitrogens with zero attached hydrogens (tertiary/aromatic N) is 5. The molecule has 2 aliphatic rings. The Balaban J connectivity index is 1.48. The molecule has 52 heavy (non-hydrogen) atoms. The summed E-state index contributed by atoms with van der Waals surface area (Å²) in [6.45, 7) is 2.12. The van der Waals surface area contributed by atoms with E-state index >= 15 is 0 Å². The molecule has 7 heteroatoms. The van der Waals surface area contributed by atoms with Crippen molar-refractivity contribution in [3.8, 4) is 44.5 Å². The Kier molecular flexibility index (Phi) is 7.55. The fourth-order valence-electron chi connectivity index (χ4n) is 7.35. The average Bonchev–Trinajstić information content (AvgIpc) is 3.97. The number of rotatable bonds is 4. The summed E-state index contributed by atoms with van der Waals surface area (Å²) in [5.41, 5.74) is 17.1. The van der Waals surface area contributed by atoms with Gasteiger partial charge in [0.1, 0.15) is 21.1 Å². The van der Waals surface area contributed by atoms with E-state index in [9.17, 15) is 0 Å². The zero-order valence-electron chi connectivity index (χ0n) is 29.6. The lowest BCUT2D eigenvalue weighted by Crippen LogP contribution is -2.26. The monoisotopic (exact) mass is 676 g/mol. The maximum Gasteiger partial charge on any atom is 0.176 e. The van der Waals surface area contributed by atoms with E-state index in [-0.39, 0.29) is 0 Å². The van der Waals surface area contributed by atoms with Crippen molar-refractivity contribution in [2.75, 3.05) is 0 Å². The third-order valence-electron chi connectivity index (χ3n) is 9.78. The number of nitrogens with one attached hydrogen (secondary N) is 2. The normalized spacial score (nSPS) is 12.1. The molecule has 0 spiro atoms. The Bertz CT molecular complexity index is 2740. The van der Waals surface area contributed by atoms with Gasteiger partial charge in [-0.2, -0.15) is 0 Å². The molecule has 0 saturated heterocycles. The molecule has 2 N–H and O–H groups in total. The molecule has 250 valence electrons. The molecule has 0 saturated carbocycles. The number of fused-ring (bicyclic) bond motifs is 8. The van der Waals surface area contributed by atoms with Gasteiger partial charge in [0, 0.05) is 79.2 Å². The van der Waals surface area contributed by atoms with Gasteiger partial charge >= 0.3 is 0 Å². The predicted octanol–water partition coefficient (Wildman–Crippen LogP) is 8.11. The van der Waals surface area contributed by atoms with Crippen LogP contribution in [0.4, 0.5) is 0 Å². The summed E-state index contributed by atoms with van der Waals surface area (Å²) in [5.74, 6) is 0. The standard InChI is InChI=1S/C45H38N7/c1-29-11-13-30(14-12-29)42-34-15-17-36(46-34)43(31-8-5-23-50(2)26-31)38-19-21-40(48-38)45(33-10-7-25-52(4)28-33)41-22-20-39(49-41)44(37-18-16-35(42)47-37)32-9-6-24-51(3)27-32/h5-28,46,49H,1-4H3/q+3. The van der Waals surface area contributed by atoms with Gasteiger partial charge in [-0.1, -0.05) is 29.8 Å². The van der Waals surface area contributed by atoms with E-state index in [2.05, 4.69) is 198 Å². The Morgan fingerprint density at radius 1 is 0.404 bits per heavy atom. The number of hydrogen-bond acceptors (Lipinski definition) is 2. The molecule has 1 aromatic carbocycles. The molecule has 9 rings (SSSR count). The van der Waals surface area contributed by atoms with Crippen LogP contribution in [0.15, 0.2) is 122 Å². The van der Waals surface area contributed by atoms with Gasteiger partial charge in [-0.25, -0.2) is 23.7 Å². The van der Waals surface area contributed by atoms with Crippen molar-refractivity contribution in [2.45, 2.75) is 6.92 Å². The third-order valence-corrected chi connectivity index (χ3v) is 9.78. The van der Waals surface area contributed by atoms with Gasteiger partial charge in [0.05, 0.1) is 22.8 Å². The number of aromatic nitrogens is 7. The lowest BCUT2D eigenvalue weighted by Gasteiger charge is -2.06. The molecule has 8 bridgehead atoms. The zero-order chi connectivity index (χ0) is 35.3. The van der Waals surface area contributed by atoms with Gasteiger partial charge in [-0.15, -0.1) is 0 Å². The number of pyridine rings is 3. The van der Waals surface area contributed by atoms with Gasteiger partial charge in [-0.05, 0) is 79.3 Å². The first-order chi connectivity index (χ1) is 25.4. The van der Waals surface area contributed by atoms with Crippen molar-refractivity contribution in [2.24, 2.45) is 21.1 Å². The Morgan fingerprint density at radius 2 is 0.731 bits per heavy atom. The van der Waals surface area contributed by atoms with Crippen LogP contribution in [0.3, 0.4) is 0 Å². The predicted molar refractivity (Wildman–Crippen MR) is 209 cm³/mol. The second kappa shape index (κ2) is 12.5. The molecule has 0 atom stereocenters. The molecule has 0 fully saturated rings. The minimum Gasteiger partial charge on any atom is -0.354 e. The van der Waals surface area contributed by atoms with Gasteiger partial charge < -0.3 is 9.97 Å². The molecule has 7 nitrogen and oxygen atoms in total. The van der Waals surface area contributed by atoms with Crippen LogP contribution in [-0.2, 0) is 21.1 Å². The lowest BCUT2D eigenvalue weighted by molar-refractivity contribution is -0.671. The van der Waals surface area contributed by atoms with Crippen molar-refractivity contribution in [3.63, 3.8) is 0 Å². The first kappa shape index (κ1) is 31.3. The van der Waals surface area contributed by atoms with Crippen LogP contribution in [0, 0.1) is 6.92 Å². The first-order valence-corrected chi connectivity index (χ1v) is 17.5. The van der Waals surface area contributed by atoms with E-state index < -0.39 is 0 Å². The largest absolute Gasteiger partial charge is 0.354 e. The van der Waals surface area contributed by atoms with Gasteiger partial charge in [-0.3, -0.25) is 0 Å². The van der Waals surface area contributed by atoms with Crippen LogP contribution in [0.2, 0.25) is 0 Å². The topological polar surface area (TPSA) is 69.0 Å². The van der Waals surface area contributed by atoms with E-state index in [0.29, 0.717) is 0 Å². The summed E-state index contributed by atoms with van der Waals surface area (Å²) in [4.78, 5) is 18.5. The Hall–Kier alpha value is -6.73. The maximum atomic E-state index is 5.41. The van der Waals surface area contributed by atoms with Crippen LogP contribution >= 0.6 is 0 Å². The first-order valence-electron chi connectivity index (χ1n) is 17.5. The molecule has 7 aromatic rings. The molecule has 6 aromatic heterocycles. The van der Waals surface area contributed by atoms with E-state index in [1.165, 1.54) is 5.56 Å². The van der Waals surface area contributed by atoms with Crippen LogP contribution in [-0.4, -0.2) is 19.9 Å². The highest BCUT2D eigenvalue weighted by molar-refractivity contribution is 5.99. The molecular formula is C45H38N7+3. The minimum atomic E-state index is 0.888. The second-order valence-corrected chi connectivity index (χ2v) is 13.6. The third kappa shape index (κ3) is 5.62. The summed E-state index contributed by atoms with van der Waals surface area (Å²) < 4.78 is 6.24. The van der Waals surface area contributed by atoms with E-state index in [1.54, 1.807) is 0 Å². The summed E-state index contributed by atoms with van der Waals surface area (Å²) in [6.07, 6.45) is 21.2. The molecule has 8 heterocycles. The maximum absolute atomic E-state index is 5.41.